The van der Waals surface area contributed by atoms with Gasteiger partial charge in [0.25, 0.3) is 0 Å². The van der Waals surface area contributed by atoms with E-state index in [1.165, 1.54) is 17.0 Å². The van der Waals surface area contributed by atoms with Crippen molar-refractivity contribution in [3.63, 3.8) is 0 Å². The van der Waals surface area contributed by atoms with Gasteiger partial charge in [-0.1, -0.05) is 18.2 Å². The van der Waals surface area contributed by atoms with E-state index < -0.39 is 28.9 Å². The second-order valence-electron chi connectivity index (χ2n) is 10.5. The average Bonchev–Trinajstić information content (AvgIpc) is 3.10. The van der Waals surface area contributed by atoms with Crippen molar-refractivity contribution in [2.24, 2.45) is 0 Å². The molecule has 2 unspecified atom stereocenters. The van der Waals surface area contributed by atoms with E-state index in [4.69, 9.17) is 0 Å². The molecule has 11 heteroatoms. The molecule has 2 saturated heterocycles. The Hall–Kier alpha value is -3.70. The Bertz CT molecular complexity index is 1460. The monoisotopic (exact) mass is 525 g/mol. The number of aromatic nitrogens is 1. The number of nitrogens with zero attached hydrogens (tertiary/aromatic N) is 3. The van der Waals surface area contributed by atoms with Crippen molar-refractivity contribution in [2.45, 2.75) is 43.6 Å². The molecule has 3 N–H and O–H groups in total. The highest BCUT2D eigenvalue weighted by Gasteiger charge is 2.57. The normalized spacial score (nSPS) is 25.7. The molecular formula is C27H26F3N5O3. The van der Waals surface area contributed by atoms with Crippen LogP contribution in [0.2, 0.25) is 0 Å². The van der Waals surface area contributed by atoms with Crippen LogP contribution in [-0.2, 0) is 23.1 Å². The highest BCUT2D eigenvalue weighted by molar-refractivity contribution is 6.07. The number of alkyl halides is 3. The summed E-state index contributed by atoms with van der Waals surface area (Å²) in [4.78, 5) is 32.1. The van der Waals surface area contributed by atoms with Gasteiger partial charge in [0.15, 0.2) is 0 Å². The lowest BCUT2D eigenvalue weighted by atomic mass is 9.74. The molecule has 3 aliphatic heterocycles. The molecule has 0 spiro atoms. The van der Waals surface area contributed by atoms with Crippen LogP contribution in [0.1, 0.15) is 36.5 Å². The zero-order chi connectivity index (χ0) is 26.9. The Labute approximate surface area is 216 Å². The van der Waals surface area contributed by atoms with E-state index in [9.17, 15) is 27.9 Å². The average molecular weight is 526 g/mol. The number of rotatable bonds is 3. The van der Waals surface area contributed by atoms with E-state index in [0.29, 0.717) is 37.3 Å². The van der Waals surface area contributed by atoms with E-state index in [1.807, 2.05) is 25.1 Å². The summed E-state index contributed by atoms with van der Waals surface area (Å²) < 4.78 is 38.8. The third-order valence-corrected chi connectivity index (χ3v) is 7.99. The Kier molecular flexibility index (Phi) is 5.45. The van der Waals surface area contributed by atoms with Crippen LogP contribution in [0.5, 0.6) is 0 Å². The Morgan fingerprint density at radius 1 is 1.11 bits per heavy atom. The first kappa shape index (κ1) is 24.6. The molecule has 3 aromatic rings. The van der Waals surface area contributed by atoms with Crippen LogP contribution >= 0.6 is 0 Å². The maximum absolute atomic E-state index is 12.9. The zero-order valence-electron chi connectivity index (χ0n) is 20.6. The van der Waals surface area contributed by atoms with E-state index >= 15 is 0 Å². The number of piperidine rings is 1. The van der Waals surface area contributed by atoms with Gasteiger partial charge in [0.2, 0.25) is 5.91 Å². The predicted octanol–water partition coefficient (Wildman–Crippen LogP) is 3.98. The lowest BCUT2D eigenvalue weighted by molar-refractivity contribution is -0.137. The maximum atomic E-state index is 12.9. The van der Waals surface area contributed by atoms with Crippen molar-refractivity contribution in [1.29, 1.82) is 0 Å². The topological polar surface area (TPSA) is 97.8 Å². The van der Waals surface area contributed by atoms with Gasteiger partial charge >= 0.3 is 12.2 Å². The minimum Gasteiger partial charge on any atom is -0.383 e. The second-order valence-corrected chi connectivity index (χ2v) is 10.5. The molecule has 8 nitrogen and oxygen atoms in total. The summed E-state index contributed by atoms with van der Waals surface area (Å²) in [5.41, 5.74) is 0.888. The number of hydrogen-bond acceptors (Lipinski definition) is 6. The predicted molar refractivity (Wildman–Crippen MR) is 135 cm³/mol. The van der Waals surface area contributed by atoms with Gasteiger partial charge in [-0.2, -0.15) is 13.2 Å². The molecule has 3 amide bonds. The van der Waals surface area contributed by atoms with E-state index in [0.717, 1.165) is 34.3 Å². The van der Waals surface area contributed by atoms with Crippen molar-refractivity contribution in [3.05, 3.63) is 65.4 Å². The molecule has 6 rings (SSSR count). The number of carbonyl (C=O) groups is 2. The molecule has 2 aromatic carbocycles. The standard InChI is InChI=1S/C27H26F3N5O3/c1-25-15-34(14-16-2-4-17(5-3-16)27(28,29)30)11-9-26(25,38)20-6-7-21-19(23(20)33-25)12-18(13-31-21)35-10-8-22(36)32-24(35)37/h2-7,12-13,33,38H,8-11,14-15H2,1H3,(H,32,36,37). The Morgan fingerprint density at radius 2 is 1.87 bits per heavy atom. The number of aliphatic hydroxyl groups is 1. The van der Waals surface area contributed by atoms with Gasteiger partial charge in [0.1, 0.15) is 5.60 Å². The highest BCUT2D eigenvalue weighted by atomic mass is 19.4. The van der Waals surface area contributed by atoms with Crippen LogP contribution < -0.4 is 15.5 Å². The first-order valence-electron chi connectivity index (χ1n) is 12.4. The molecular weight excluding hydrogens is 499 g/mol. The number of imide groups is 1. The van der Waals surface area contributed by atoms with Gasteiger partial charge in [-0.15, -0.1) is 0 Å². The van der Waals surface area contributed by atoms with Crippen molar-refractivity contribution >= 4 is 34.2 Å². The zero-order valence-corrected chi connectivity index (χ0v) is 20.6. The minimum absolute atomic E-state index is 0.196. The summed E-state index contributed by atoms with van der Waals surface area (Å²) in [5, 5.41) is 18.5. The van der Waals surface area contributed by atoms with Crippen LogP contribution in [0.3, 0.4) is 0 Å². The summed E-state index contributed by atoms with van der Waals surface area (Å²) in [6.45, 7) is 3.67. The Balaban J connectivity index is 1.28. The lowest BCUT2D eigenvalue weighted by Gasteiger charge is -2.48. The van der Waals surface area contributed by atoms with Crippen LogP contribution in [-0.4, -0.2) is 52.1 Å². The fraction of sp³-hybridized carbons (Fsp3) is 0.370. The molecule has 1 aromatic heterocycles. The third kappa shape index (κ3) is 3.88. The quantitative estimate of drug-likeness (QED) is 0.479. The SMILES string of the molecule is CC12CN(Cc3ccc(C(F)(F)F)cc3)CCC1(O)c1ccc3ncc(N4CCC(=O)NC4=O)cc3c1N2. The summed E-state index contributed by atoms with van der Waals surface area (Å²) >= 11 is 0. The molecule has 2 atom stereocenters. The van der Waals surface area contributed by atoms with Crippen molar-refractivity contribution in [3.8, 4) is 0 Å². The minimum atomic E-state index is -4.38. The van der Waals surface area contributed by atoms with E-state index in [1.54, 1.807) is 6.20 Å². The lowest BCUT2D eigenvalue weighted by Crippen LogP contribution is -2.61. The molecule has 0 bridgehead atoms. The van der Waals surface area contributed by atoms with Crippen molar-refractivity contribution in [2.75, 3.05) is 29.9 Å². The van der Waals surface area contributed by atoms with Crippen LogP contribution in [0.15, 0.2) is 48.7 Å². The first-order valence-corrected chi connectivity index (χ1v) is 12.4. The highest BCUT2D eigenvalue weighted by Crippen LogP contribution is 2.52. The summed E-state index contributed by atoms with van der Waals surface area (Å²) in [6, 6.07) is 10.2. The molecule has 0 aliphatic carbocycles. The number of urea groups is 1. The number of anilines is 2. The smallest absolute Gasteiger partial charge is 0.383 e. The fourth-order valence-electron chi connectivity index (χ4n) is 5.92. The second kappa shape index (κ2) is 8.40. The summed E-state index contributed by atoms with van der Waals surface area (Å²) in [6.07, 6.45) is -2.16. The van der Waals surface area contributed by atoms with Crippen molar-refractivity contribution in [1.82, 2.24) is 15.2 Å². The van der Waals surface area contributed by atoms with Gasteiger partial charge < -0.3 is 10.4 Å². The molecule has 198 valence electrons. The molecule has 0 saturated carbocycles. The van der Waals surface area contributed by atoms with E-state index in [-0.39, 0.29) is 18.9 Å². The largest absolute Gasteiger partial charge is 0.416 e. The molecule has 2 fully saturated rings. The van der Waals surface area contributed by atoms with Gasteiger partial charge in [-0.25, -0.2) is 4.79 Å². The number of nitrogens with one attached hydrogen (secondary N) is 2. The maximum Gasteiger partial charge on any atom is 0.416 e. The van der Waals surface area contributed by atoms with Crippen molar-refractivity contribution < 1.29 is 27.9 Å². The Morgan fingerprint density at radius 3 is 2.58 bits per heavy atom. The van der Waals surface area contributed by atoms with Gasteiger partial charge in [-0.05, 0) is 43.2 Å². The van der Waals surface area contributed by atoms with Crippen LogP contribution in [0.25, 0.3) is 10.9 Å². The molecule has 0 radical (unpaired) electrons. The number of amides is 3. The number of benzene rings is 2. The van der Waals surface area contributed by atoms with Crippen LogP contribution in [0, 0.1) is 0 Å². The molecule has 38 heavy (non-hydrogen) atoms. The first-order chi connectivity index (χ1) is 18.0. The number of fused-ring (bicyclic) bond motifs is 5. The van der Waals surface area contributed by atoms with Crippen LogP contribution in [0.4, 0.5) is 29.3 Å². The fourth-order valence-corrected chi connectivity index (χ4v) is 5.92. The summed E-state index contributed by atoms with van der Waals surface area (Å²) in [7, 11) is 0. The van der Waals surface area contributed by atoms with Gasteiger partial charge in [-0.3, -0.25) is 24.9 Å². The number of halogens is 3. The molecule has 4 heterocycles. The number of pyridine rings is 1. The van der Waals surface area contributed by atoms with Gasteiger partial charge in [0, 0.05) is 43.5 Å². The number of likely N-dealkylation sites (tertiary alicyclic amines) is 1. The van der Waals surface area contributed by atoms with E-state index in [2.05, 4.69) is 20.5 Å². The molecule has 3 aliphatic rings. The number of hydrogen-bond donors (Lipinski definition) is 3. The van der Waals surface area contributed by atoms with Gasteiger partial charge in [0.05, 0.1) is 34.2 Å². The number of carbonyl (C=O) groups excluding carboxylic acids is 2. The third-order valence-electron chi connectivity index (χ3n) is 7.99. The summed E-state index contributed by atoms with van der Waals surface area (Å²) in [5.74, 6) is -0.317.